The average molecular weight is 172 g/mol. The van der Waals surface area contributed by atoms with Crippen molar-refractivity contribution in [2.24, 2.45) is 5.84 Å². The molecule has 60 valence electrons. The standard InChI is InChI=1S/C7H10ClN3/c1-2-5-7(8)6(11-9)3-4-10-5/h3-4H,2,9H2,1H3,(H,10,11). The Morgan fingerprint density at radius 2 is 2.45 bits per heavy atom. The Morgan fingerprint density at radius 3 is 3.00 bits per heavy atom. The largest absolute Gasteiger partial charge is 0.323 e. The van der Waals surface area contributed by atoms with Crippen LogP contribution in [0.5, 0.6) is 0 Å². The van der Waals surface area contributed by atoms with Crippen LogP contribution in [0, 0.1) is 0 Å². The third kappa shape index (κ3) is 1.61. The molecule has 3 nitrogen and oxygen atoms in total. The van der Waals surface area contributed by atoms with E-state index in [1.165, 1.54) is 0 Å². The third-order valence-electron chi connectivity index (χ3n) is 1.45. The Labute approximate surface area is 70.5 Å². The smallest absolute Gasteiger partial charge is 0.0865 e. The van der Waals surface area contributed by atoms with Crippen LogP contribution >= 0.6 is 11.6 Å². The van der Waals surface area contributed by atoms with E-state index >= 15 is 0 Å². The molecule has 0 atom stereocenters. The monoisotopic (exact) mass is 171 g/mol. The number of anilines is 1. The Bertz CT molecular complexity index is 227. The molecule has 11 heavy (non-hydrogen) atoms. The molecule has 0 unspecified atom stereocenters. The SMILES string of the molecule is CCc1nccc(NN)c1Cl. The minimum Gasteiger partial charge on any atom is -0.323 e. The van der Waals surface area contributed by atoms with Crippen molar-refractivity contribution in [2.75, 3.05) is 5.43 Å². The number of nitrogen functional groups attached to an aromatic ring is 1. The fraction of sp³-hybridized carbons (Fsp3) is 0.286. The second-order valence-corrected chi connectivity index (χ2v) is 2.50. The first-order chi connectivity index (χ1) is 5.29. The van der Waals surface area contributed by atoms with E-state index in [0.717, 1.165) is 17.8 Å². The Morgan fingerprint density at radius 1 is 1.73 bits per heavy atom. The highest BCUT2D eigenvalue weighted by atomic mass is 35.5. The van der Waals surface area contributed by atoms with Crippen molar-refractivity contribution in [3.05, 3.63) is 23.0 Å². The van der Waals surface area contributed by atoms with Gasteiger partial charge in [-0.25, -0.2) is 0 Å². The number of nitrogens with one attached hydrogen (secondary N) is 1. The molecular formula is C7H10ClN3. The molecule has 0 aliphatic heterocycles. The molecule has 0 fully saturated rings. The quantitative estimate of drug-likeness (QED) is 0.525. The number of aryl methyl sites for hydroxylation is 1. The molecule has 1 aromatic rings. The molecule has 0 bridgehead atoms. The summed E-state index contributed by atoms with van der Waals surface area (Å²) in [7, 11) is 0. The fourth-order valence-electron chi connectivity index (χ4n) is 0.845. The maximum atomic E-state index is 5.90. The maximum absolute atomic E-state index is 5.90. The molecule has 0 aromatic carbocycles. The van der Waals surface area contributed by atoms with Gasteiger partial charge >= 0.3 is 0 Å². The Balaban J connectivity index is 3.10. The molecule has 0 radical (unpaired) electrons. The van der Waals surface area contributed by atoms with Gasteiger partial charge in [0.1, 0.15) is 0 Å². The first-order valence-electron chi connectivity index (χ1n) is 3.39. The van der Waals surface area contributed by atoms with Crippen molar-refractivity contribution in [1.29, 1.82) is 0 Å². The topological polar surface area (TPSA) is 50.9 Å². The van der Waals surface area contributed by atoms with Crippen LogP contribution in [0.25, 0.3) is 0 Å². The van der Waals surface area contributed by atoms with E-state index < -0.39 is 0 Å². The molecule has 4 heteroatoms. The summed E-state index contributed by atoms with van der Waals surface area (Å²) in [6.07, 6.45) is 2.49. The first-order valence-corrected chi connectivity index (χ1v) is 3.77. The lowest BCUT2D eigenvalue weighted by Gasteiger charge is -2.04. The summed E-state index contributed by atoms with van der Waals surface area (Å²) >= 11 is 5.90. The molecule has 1 aromatic heterocycles. The summed E-state index contributed by atoms with van der Waals surface area (Å²) in [5.74, 6) is 5.21. The number of pyridine rings is 1. The maximum Gasteiger partial charge on any atom is 0.0865 e. The molecule has 0 saturated heterocycles. The second-order valence-electron chi connectivity index (χ2n) is 2.12. The van der Waals surface area contributed by atoms with Crippen molar-refractivity contribution in [2.45, 2.75) is 13.3 Å². The number of nitrogens with zero attached hydrogens (tertiary/aromatic N) is 1. The van der Waals surface area contributed by atoms with Crippen LogP contribution in [0.3, 0.4) is 0 Å². The highest BCUT2D eigenvalue weighted by Crippen LogP contribution is 2.22. The lowest BCUT2D eigenvalue weighted by atomic mass is 10.3. The Hall–Kier alpha value is -0.800. The number of nitrogens with two attached hydrogens (primary N) is 1. The van der Waals surface area contributed by atoms with E-state index in [2.05, 4.69) is 10.4 Å². The van der Waals surface area contributed by atoms with Crippen LogP contribution in [-0.4, -0.2) is 4.98 Å². The average Bonchev–Trinajstić information content (AvgIpc) is 2.05. The summed E-state index contributed by atoms with van der Waals surface area (Å²) < 4.78 is 0. The first kappa shape index (κ1) is 8.30. The molecule has 0 saturated carbocycles. The van der Waals surface area contributed by atoms with Crippen LogP contribution in [-0.2, 0) is 6.42 Å². The van der Waals surface area contributed by atoms with E-state index in [1.807, 2.05) is 6.92 Å². The van der Waals surface area contributed by atoms with Gasteiger partial charge in [0, 0.05) is 6.20 Å². The minimum absolute atomic E-state index is 0.609. The van der Waals surface area contributed by atoms with Crippen molar-refractivity contribution in [3.8, 4) is 0 Å². The minimum atomic E-state index is 0.609. The van der Waals surface area contributed by atoms with E-state index in [1.54, 1.807) is 12.3 Å². The van der Waals surface area contributed by atoms with Crippen LogP contribution < -0.4 is 11.3 Å². The zero-order valence-corrected chi connectivity index (χ0v) is 7.02. The molecule has 0 aliphatic carbocycles. The predicted octanol–water partition coefficient (Wildman–Crippen LogP) is 1.58. The van der Waals surface area contributed by atoms with Crippen molar-refractivity contribution in [1.82, 2.24) is 4.98 Å². The second kappa shape index (κ2) is 3.55. The predicted molar refractivity (Wildman–Crippen MR) is 46.4 cm³/mol. The van der Waals surface area contributed by atoms with E-state index in [4.69, 9.17) is 17.4 Å². The fourth-order valence-corrected chi connectivity index (χ4v) is 1.15. The molecule has 1 rings (SSSR count). The highest BCUT2D eigenvalue weighted by molar-refractivity contribution is 6.33. The number of rotatable bonds is 2. The van der Waals surface area contributed by atoms with E-state index in [-0.39, 0.29) is 0 Å². The van der Waals surface area contributed by atoms with Gasteiger partial charge in [0.2, 0.25) is 0 Å². The molecule has 3 N–H and O–H groups in total. The normalized spacial score (nSPS) is 9.73. The van der Waals surface area contributed by atoms with Crippen molar-refractivity contribution >= 4 is 17.3 Å². The number of hydrogen-bond donors (Lipinski definition) is 2. The zero-order valence-electron chi connectivity index (χ0n) is 6.26. The molecule has 0 amide bonds. The lowest BCUT2D eigenvalue weighted by molar-refractivity contribution is 1.03. The van der Waals surface area contributed by atoms with Crippen LogP contribution in [0.15, 0.2) is 12.3 Å². The summed E-state index contributed by atoms with van der Waals surface area (Å²) in [5, 5.41) is 0.609. The molecular weight excluding hydrogens is 162 g/mol. The van der Waals surface area contributed by atoms with E-state index in [0.29, 0.717) is 5.02 Å². The summed E-state index contributed by atoms with van der Waals surface area (Å²) in [6, 6.07) is 1.74. The van der Waals surface area contributed by atoms with Crippen LogP contribution in [0.2, 0.25) is 5.02 Å². The number of halogens is 1. The van der Waals surface area contributed by atoms with Gasteiger partial charge in [-0.15, -0.1) is 0 Å². The van der Waals surface area contributed by atoms with Gasteiger partial charge in [-0.05, 0) is 12.5 Å². The summed E-state index contributed by atoms with van der Waals surface area (Å²) in [5.41, 5.74) is 4.08. The van der Waals surface area contributed by atoms with Gasteiger partial charge in [-0.1, -0.05) is 18.5 Å². The van der Waals surface area contributed by atoms with Gasteiger partial charge in [-0.2, -0.15) is 0 Å². The molecule has 0 aliphatic rings. The summed E-state index contributed by atoms with van der Waals surface area (Å²) in [4.78, 5) is 4.08. The van der Waals surface area contributed by atoms with Crippen molar-refractivity contribution < 1.29 is 0 Å². The van der Waals surface area contributed by atoms with Gasteiger partial charge in [0.15, 0.2) is 0 Å². The number of aromatic nitrogens is 1. The number of hydrogen-bond acceptors (Lipinski definition) is 3. The van der Waals surface area contributed by atoms with Gasteiger partial charge in [0.05, 0.1) is 16.4 Å². The van der Waals surface area contributed by atoms with Gasteiger partial charge in [-0.3, -0.25) is 10.8 Å². The van der Waals surface area contributed by atoms with Gasteiger partial charge < -0.3 is 5.43 Å². The lowest BCUT2D eigenvalue weighted by Crippen LogP contribution is -2.08. The van der Waals surface area contributed by atoms with Crippen molar-refractivity contribution in [3.63, 3.8) is 0 Å². The third-order valence-corrected chi connectivity index (χ3v) is 1.87. The van der Waals surface area contributed by atoms with Gasteiger partial charge in [0.25, 0.3) is 0 Å². The zero-order chi connectivity index (χ0) is 8.27. The summed E-state index contributed by atoms with van der Waals surface area (Å²) in [6.45, 7) is 1.99. The highest BCUT2D eigenvalue weighted by Gasteiger charge is 2.02. The van der Waals surface area contributed by atoms with Crippen LogP contribution in [0.1, 0.15) is 12.6 Å². The molecule has 1 heterocycles. The number of hydrazine groups is 1. The molecule has 0 spiro atoms. The van der Waals surface area contributed by atoms with Crippen LogP contribution in [0.4, 0.5) is 5.69 Å². The Kier molecular flexibility index (Phi) is 2.68. The van der Waals surface area contributed by atoms with E-state index in [9.17, 15) is 0 Å².